The molecule has 0 radical (unpaired) electrons. The summed E-state index contributed by atoms with van der Waals surface area (Å²) in [6, 6.07) is 0.489. The van der Waals surface area contributed by atoms with Crippen LogP contribution in [0.3, 0.4) is 0 Å². The standard InChI is InChI=1S/C15H24N4O3/c1-11-16-13(22-17-11)8-14(20)19-6-4-15(5-7-19)9-12(10-21-15)18(2)3/h12H,4-10H2,1-3H3. The summed E-state index contributed by atoms with van der Waals surface area (Å²) >= 11 is 0. The first-order chi connectivity index (χ1) is 10.5. The van der Waals surface area contributed by atoms with Gasteiger partial charge in [-0.2, -0.15) is 4.98 Å². The van der Waals surface area contributed by atoms with Crippen molar-refractivity contribution in [2.45, 2.75) is 44.2 Å². The summed E-state index contributed by atoms with van der Waals surface area (Å²) in [5.41, 5.74) is -0.0349. The molecule has 0 aromatic carbocycles. The topological polar surface area (TPSA) is 71.7 Å². The molecule has 0 aliphatic carbocycles. The van der Waals surface area contributed by atoms with Crippen molar-refractivity contribution < 1.29 is 14.1 Å². The van der Waals surface area contributed by atoms with Gasteiger partial charge < -0.3 is 19.1 Å². The molecule has 1 amide bonds. The molecule has 1 aromatic rings. The van der Waals surface area contributed by atoms with Gasteiger partial charge in [-0.1, -0.05) is 5.16 Å². The molecule has 3 rings (SSSR count). The van der Waals surface area contributed by atoms with E-state index in [9.17, 15) is 4.79 Å². The van der Waals surface area contributed by atoms with Crippen LogP contribution in [0.1, 0.15) is 31.0 Å². The molecule has 1 spiro atoms. The number of carbonyl (C=O) groups is 1. The van der Waals surface area contributed by atoms with Crippen molar-refractivity contribution in [3.8, 4) is 0 Å². The maximum absolute atomic E-state index is 12.3. The van der Waals surface area contributed by atoms with Crippen LogP contribution in [0.5, 0.6) is 0 Å². The fraction of sp³-hybridized carbons (Fsp3) is 0.800. The minimum atomic E-state index is -0.0349. The van der Waals surface area contributed by atoms with E-state index in [1.54, 1.807) is 6.92 Å². The number of amides is 1. The fourth-order valence-electron chi connectivity index (χ4n) is 3.32. The summed E-state index contributed by atoms with van der Waals surface area (Å²) in [7, 11) is 4.19. The Kier molecular flexibility index (Phi) is 4.18. The highest BCUT2D eigenvalue weighted by Gasteiger charge is 2.43. The summed E-state index contributed by atoms with van der Waals surface area (Å²) in [5.74, 6) is 1.02. The number of ether oxygens (including phenoxy) is 1. The normalized spacial score (nSPS) is 24.4. The lowest BCUT2D eigenvalue weighted by Crippen LogP contribution is -2.47. The van der Waals surface area contributed by atoms with Gasteiger partial charge in [0.1, 0.15) is 6.42 Å². The van der Waals surface area contributed by atoms with Gasteiger partial charge in [0, 0.05) is 19.1 Å². The van der Waals surface area contributed by atoms with Crippen LogP contribution >= 0.6 is 0 Å². The molecular weight excluding hydrogens is 284 g/mol. The maximum Gasteiger partial charge on any atom is 0.236 e. The Balaban J connectivity index is 1.52. The van der Waals surface area contributed by atoms with E-state index in [-0.39, 0.29) is 17.9 Å². The molecule has 2 aliphatic heterocycles. The Hall–Kier alpha value is -1.47. The highest BCUT2D eigenvalue weighted by molar-refractivity contribution is 5.77. The highest BCUT2D eigenvalue weighted by Crippen LogP contribution is 2.37. The van der Waals surface area contributed by atoms with Crippen molar-refractivity contribution in [1.82, 2.24) is 19.9 Å². The number of hydrogen-bond acceptors (Lipinski definition) is 6. The van der Waals surface area contributed by atoms with Gasteiger partial charge in [0.05, 0.1) is 12.2 Å². The van der Waals surface area contributed by atoms with Crippen molar-refractivity contribution >= 4 is 5.91 Å². The van der Waals surface area contributed by atoms with Gasteiger partial charge in [-0.25, -0.2) is 0 Å². The van der Waals surface area contributed by atoms with E-state index >= 15 is 0 Å². The molecule has 7 nitrogen and oxygen atoms in total. The molecule has 7 heteroatoms. The van der Waals surface area contributed by atoms with Gasteiger partial charge in [-0.05, 0) is 40.3 Å². The third kappa shape index (κ3) is 3.15. The molecule has 0 N–H and O–H groups in total. The molecule has 0 saturated carbocycles. The molecule has 2 saturated heterocycles. The number of carbonyl (C=O) groups excluding carboxylic acids is 1. The van der Waals surface area contributed by atoms with E-state index in [1.807, 2.05) is 4.90 Å². The molecule has 1 atom stereocenters. The molecule has 122 valence electrons. The molecule has 1 unspecified atom stereocenters. The number of nitrogens with zero attached hydrogens (tertiary/aromatic N) is 4. The number of rotatable bonds is 3. The summed E-state index contributed by atoms with van der Waals surface area (Å²) in [5, 5.41) is 3.72. The summed E-state index contributed by atoms with van der Waals surface area (Å²) in [6.45, 7) is 4.03. The molecule has 2 fully saturated rings. The number of aryl methyl sites for hydroxylation is 1. The van der Waals surface area contributed by atoms with Crippen LogP contribution in [0.25, 0.3) is 0 Å². The van der Waals surface area contributed by atoms with E-state index in [2.05, 4.69) is 29.1 Å². The second-order valence-electron chi connectivity index (χ2n) is 6.61. The number of aromatic nitrogens is 2. The Morgan fingerprint density at radius 1 is 1.41 bits per heavy atom. The summed E-state index contributed by atoms with van der Waals surface area (Å²) < 4.78 is 11.1. The average Bonchev–Trinajstić information content (AvgIpc) is 3.07. The monoisotopic (exact) mass is 308 g/mol. The minimum absolute atomic E-state index is 0.0349. The van der Waals surface area contributed by atoms with Crippen molar-refractivity contribution in [3.05, 3.63) is 11.7 Å². The fourth-order valence-corrected chi connectivity index (χ4v) is 3.32. The third-order valence-electron chi connectivity index (χ3n) is 4.82. The lowest BCUT2D eigenvalue weighted by atomic mass is 9.87. The Bertz CT molecular complexity index is 535. The van der Waals surface area contributed by atoms with E-state index in [0.717, 1.165) is 39.0 Å². The van der Waals surface area contributed by atoms with Gasteiger partial charge in [0.25, 0.3) is 0 Å². The third-order valence-corrected chi connectivity index (χ3v) is 4.82. The van der Waals surface area contributed by atoms with Crippen molar-refractivity contribution in [1.29, 1.82) is 0 Å². The smallest absolute Gasteiger partial charge is 0.236 e. The number of piperidine rings is 1. The van der Waals surface area contributed by atoms with Crippen molar-refractivity contribution in [3.63, 3.8) is 0 Å². The molecule has 0 bridgehead atoms. The Morgan fingerprint density at radius 2 is 2.14 bits per heavy atom. The van der Waals surface area contributed by atoms with Gasteiger partial charge in [0.2, 0.25) is 11.8 Å². The second kappa shape index (κ2) is 5.96. The molecule has 1 aromatic heterocycles. The van der Waals surface area contributed by atoms with Crippen LogP contribution in [0.4, 0.5) is 0 Å². The van der Waals surface area contributed by atoms with Gasteiger partial charge in [-0.15, -0.1) is 0 Å². The van der Waals surface area contributed by atoms with E-state index < -0.39 is 0 Å². The SMILES string of the molecule is Cc1noc(CC(=O)N2CCC3(CC2)CC(N(C)C)CO3)n1. The van der Waals surface area contributed by atoms with Crippen LogP contribution in [-0.2, 0) is 16.0 Å². The zero-order valence-electron chi connectivity index (χ0n) is 13.5. The summed E-state index contributed by atoms with van der Waals surface area (Å²) in [4.78, 5) is 20.5. The lowest BCUT2D eigenvalue weighted by molar-refractivity contribution is -0.135. The minimum Gasteiger partial charge on any atom is -0.373 e. The van der Waals surface area contributed by atoms with Crippen molar-refractivity contribution in [2.75, 3.05) is 33.8 Å². The second-order valence-corrected chi connectivity index (χ2v) is 6.61. The van der Waals surface area contributed by atoms with Gasteiger partial charge in [0.15, 0.2) is 5.82 Å². The zero-order valence-corrected chi connectivity index (χ0v) is 13.5. The zero-order chi connectivity index (χ0) is 15.7. The van der Waals surface area contributed by atoms with E-state index in [4.69, 9.17) is 9.26 Å². The molecule has 22 heavy (non-hydrogen) atoms. The number of likely N-dealkylation sites (tertiary alicyclic amines) is 1. The summed E-state index contributed by atoms with van der Waals surface area (Å²) in [6.07, 6.45) is 3.07. The van der Waals surface area contributed by atoms with Crippen LogP contribution in [0.2, 0.25) is 0 Å². The van der Waals surface area contributed by atoms with Gasteiger partial charge in [-0.3, -0.25) is 4.79 Å². The predicted molar refractivity (Wildman–Crippen MR) is 79.3 cm³/mol. The largest absolute Gasteiger partial charge is 0.373 e. The lowest BCUT2D eigenvalue weighted by Gasteiger charge is -2.38. The number of hydrogen-bond donors (Lipinski definition) is 0. The van der Waals surface area contributed by atoms with Crippen LogP contribution < -0.4 is 0 Å². The van der Waals surface area contributed by atoms with Gasteiger partial charge >= 0.3 is 0 Å². The first-order valence-electron chi connectivity index (χ1n) is 7.85. The quantitative estimate of drug-likeness (QED) is 0.816. The Morgan fingerprint density at radius 3 is 2.68 bits per heavy atom. The predicted octanol–water partition coefficient (Wildman–Crippen LogP) is 0.632. The first-order valence-corrected chi connectivity index (χ1v) is 7.85. The van der Waals surface area contributed by atoms with Crippen LogP contribution in [0, 0.1) is 6.92 Å². The Labute approximate surface area is 130 Å². The molecule has 3 heterocycles. The molecular formula is C15H24N4O3. The van der Waals surface area contributed by atoms with Crippen LogP contribution in [0.15, 0.2) is 4.52 Å². The maximum atomic E-state index is 12.3. The van der Waals surface area contributed by atoms with E-state index in [0.29, 0.717) is 17.8 Å². The number of likely N-dealkylation sites (N-methyl/N-ethyl adjacent to an activating group) is 1. The average molecular weight is 308 g/mol. The van der Waals surface area contributed by atoms with Crippen molar-refractivity contribution in [2.24, 2.45) is 0 Å². The molecule has 2 aliphatic rings. The highest BCUT2D eigenvalue weighted by atomic mass is 16.5. The van der Waals surface area contributed by atoms with E-state index in [1.165, 1.54) is 0 Å². The van der Waals surface area contributed by atoms with Crippen LogP contribution in [-0.4, -0.2) is 71.3 Å². The first kappa shape index (κ1) is 15.4.